The molecular weight excluding hydrogens is 367 g/mol. The Bertz CT molecular complexity index is 673. The first-order valence-electron chi connectivity index (χ1n) is 9.70. The van der Waals surface area contributed by atoms with Crippen molar-refractivity contribution in [2.45, 2.75) is 38.9 Å². The number of nitriles is 1. The molecule has 0 bridgehead atoms. The number of benzene rings is 1. The van der Waals surface area contributed by atoms with Gasteiger partial charge in [0.25, 0.3) is 0 Å². The van der Waals surface area contributed by atoms with Gasteiger partial charge in [-0.25, -0.2) is 4.99 Å². The number of piperidine rings is 1. The number of nitrogens with one attached hydrogen (secondary N) is 2. The van der Waals surface area contributed by atoms with E-state index in [0.717, 1.165) is 37.9 Å². The summed E-state index contributed by atoms with van der Waals surface area (Å²) in [5, 5.41) is 15.5. The third kappa shape index (κ3) is 8.17. The molecule has 0 radical (unpaired) electrons. The third-order valence-electron chi connectivity index (χ3n) is 4.78. The normalized spacial score (nSPS) is 16.6. The molecule has 5 nitrogen and oxygen atoms in total. The van der Waals surface area contributed by atoms with Crippen molar-refractivity contribution in [2.75, 3.05) is 32.7 Å². The largest absolute Gasteiger partial charge is 0.401 e. The quantitative estimate of drug-likeness (QED) is 0.549. The standard InChI is InChI=1S/C20H28F3N5/c1-2-25-19(27-14-18-5-3-4-17(12-18)13-24)26-9-6-16-7-10-28(11-8-16)15-20(21,22)23/h3-5,12,16H,2,6-11,14-15H2,1H3,(H2,25,26,27). The second-order valence-corrected chi connectivity index (χ2v) is 7.06. The van der Waals surface area contributed by atoms with E-state index in [1.165, 1.54) is 4.90 Å². The summed E-state index contributed by atoms with van der Waals surface area (Å²) >= 11 is 0. The Hall–Kier alpha value is -2.27. The molecule has 0 aromatic heterocycles. The first-order valence-corrected chi connectivity index (χ1v) is 9.70. The number of alkyl halides is 3. The summed E-state index contributed by atoms with van der Waals surface area (Å²) in [6.45, 7) is 4.14. The van der Waals surface area contributed by atoms with Crippen LogP contribution in [0, 0.1) is 17.2 Å². The highest BCUT2D eigenvalue weighted by molar-refractivity contribution is 5.79. The van der Waals surface area contributed by atoms with E-state index in [-0.39, 0.29) is 0 Å². The van der Waals surface area contributed by atoms with Crippen LogP contribution in [0.15, 0.2) is 29.3 Å². The van der Waals surface area contributed by atoms with E-state index >= 15 is 0 Å². The smallest absolute Gasteiger partial charge is 0.357 e. The number of halogens is 3. The van der Waals surface area contributed by atoms with Crippen LogP contribution in [0.1, 0.15) is 37.3 Å². The van der Waals surface area contributed by atoms with E-state index in [9.17, 15) is 13.2 Å². The van der Waals surface area contributed by atoms with Crippen molar-refractivity contribution in [3.8, 4) is 6.07 Å². The molecule has 0 aliphatic carbocycles. The van der Waals surface area contributed by atoms with Crippen LogP contribution in [0.5, 0.6) is 0 Å². The van der Waals surface area contributed by atoms with Crippen LogP contribution in [-0.4, -0.2) is 49.8 Å². The molecule has 28 heavy (non-hydrogen) atoms. The molecule has 1 fully saturated rings. The molecule has 1 heterocycles. The monoisotopic (exact) mass is 395 g/mol. The molecule has 0 unspecified atom stereocenters. The van der Waals surface area contributed by atoms with Crippen LogP contribution in [0.3, 0.4) is 0 Å². The van der Waals surface area contributed by atoms with Crippen molar-refractivity contribution in [2.24, 2.45) is 10.9 Å². The SMILES string of the molecule is CCNC(=NCc1cccc(C#N)c1)NCCC1CCN(CC(F)(F)F)CC1. The fraction of sp³-hybridized carbons (Fsp3) is 0.600. The second kappa shape index (κ2) is 10.9. The van der Waals surface area contributed by atoms with Gasteiger partial charge in [0.2, 0.25) is 0 Å². The minimum absolute atomic E-state index is 0.437. The van der Waals surface area contributed by atoms with Crippen LogP contribution in [-0.2, 0) is 6.54 Å². The van der Waals surface area contributed by atoms with E-state index in [2.05, 4.69) is 21.7 Å². The molecule has 2 rings (SSSR count). The zero-order valence-electron chi connectivity index (χ0n) is 16.2. The molecule has 0 amide bonds. The Morgan fingerprint density at radius 1 is 1.29 bits per heavy atom. The van der Waals surface area contributed by atoms with Gasteiger partial charge in [0.15, 0.2) is 5.96 Å². The van der Waals surface area contributed by atoms with Gasteiger partial charge in [-0.1, -0.05) is 12.1 Å². The predicted octanol–water partition coefficient (Wildman–Crippen LogP) is 3.28. The highest BCUT2D eigenvalue weighted by atomic mass is 19.4. The maximum atomic E-state index is 12.5. The van der Waals surface area contributed by atoms with Crippen LogP contribution in [0.2, 0.25) is 0 Å². The number of rotatable bonds is 7. The van der Waals surface area contributed by atoms with Crippen molar-refractivity contribution < 1.29 is 13.2 Å². The summed E-state index contributed by atoms with van der Waals surface area (Å²) in [5.74, 6) is 1.14. The number of nitrogens with zero attached hydrogens (tertiary/aromatic N) is 3. The van der Waals surface area contributed by atoms with E-state index < -0.39 is 12.7 Å². The molecule has 1 aromatic rings. The fourth-order valence-corrected chi connectivity index (χ4v) is 3.33. The van der Waals surface area contributed by atoms with Crippen LogP contribution in [0.4, 0.5) is 13.2 Å². The van der Waals surface area contributed by atoms with Gasteiger partial charge in [-0.3, -0.25) is 4.90 Å². The van der Waals surface area contributed by atoms with Crippen molar-refractivity contribution in [3.05, 3.63) is 35.4 Å². The highest BCUT2D eigenvalue weighted by Gasteiger charge is 2.32. The molecule has 2 N–H and O–H groups in total. The zero-order valence-corrected chi connectivity index (χ0v) is 16.2. The second-order valence-electron chi connectivity index (χ2n) is 7.06. The Morgan fingerprint density at radius 3 is 2.68 bits per heavy atom. The zero-order chi connectivity index (χ0) is 20.4. The molecule has 1 aliphatic rings. The minimum atomic E-state index is -4.11. The Balaban J connectivity index is 1.75. The molecule has 1 aliphatic heterocycles. The summed E-state index contributed by atoms with van der Waals surface area (Å²) in [6, 6.07) is 9.48. The fourth-order valence-electron chi connectivity index (χ4n) is 3.33. The first-order chi connectivity index (χ1) is 13.4. The molecule has 1 aromatic carbocycles. The molecule has 0 atom stereocenters. The lowest BCUT2D eigenvalue weighted by atomic mass is 9.93. The highest BCUT2D eigenvalue weighted by Crippen LogP contribution is 2.23. The Kier molecular flexibility index (Phi) is 8.58. The van der Waals surface area contributed by atoms with Crippen LogP contribution in [0.25, 0.3) is 0 Å². The molecule has 154 valence electrons. The van der Waals surface area contributed by atoms with E-state index in [1.807, 2.05) is 25.1 Å². The molecular formula is C20H28F3N5. The molecule has 0 spiro atoms. The summed E-state index contributed by atoms with van der Waals surface area (Å²) in [6.07, 6.45) is -1.61. The van der Waals surface area contributed by atoms with Crippen molar-refractivity contribution in [3.63, 3.8) is 0 Å². The summed E-state index contributed by atoms with van der Waals surface area (Å²) in [7, 11) is 0. The van der Waals surface area contributed by atoms with E-state index in [1.54, 1.807) is 6.07 Å². The van der Waals surface area contributed by atoms with Crippen molar-refractivity contribution >= 4 is 5.96 Å². The first kappa shape index (κ1) is 22.0. The molecule has 1 saturated heterocycles. The van der Waals surface area contributed by atoms with E-state index in [4.69, 9.17) is 5.26 Å². The van der Waals surface area contributed by atoms with Gasteiger partial charge < -0.3 is 10.6 Å². The van der Waals surface area contributed by atoms with Gasteiger partial charge in [0.05, 0.1) is 24.7 Å². The topological polar surface area (TPSA) is 63.5 Å². The molecule has 8 heteroatoms. The van der Waals surface area contributed by atoms with Gasteiger partial charge in [-0.05, 0) is 62.9 Å². The van der Waals surface area contributed by atoms with Crippen LogP contribution >= 0.6 is 0 Å². The summed E-state index contributed by atoms with van der Waals surface area (Å²) < 4.78 is 37.4. The average Bonchev–Trinajstić information content (AvgIpc) is 2.66. The lowest BCUT2D eigenvalue weighted by molar-refractivity contribution is -0.148. The van der Waals surface area contributed by atoms with E-state index in [0.29, 0.717) is 37.1 Å². The lowest BCUT2D eigenvalue weighted by Gasteiger charge is -2.32. The predicted molar refractivity (Wildman–Crippen MR) is 104 cm³/mol. The maximum Gasteiger partial charge on any atom is 0.401 e. The molecule has 0 saturated carbocycles. The van der Waals surface area contributed by atoms with Gasteiger partial charge in [0.1, 0.15) is 0 Å². The van der Waals surface area contributed by atoms with Crippen molar-refractivity contribution in [1.29, 1.82) is 5.26 Å². The van der Waals surface area contributed by atoms with Gasteiger partial charge in [-0.2, -0.15) is 18.4 Å². The summed E-state index contributed by atoms with van der Waals surface area (Å²) in [4.78, 5) is 6.04. The van der Waals surface area contributed by atoms with Gasteiger partial charge >= 0.3 is 6.18 Å². The third-order valence-corrected chi connectivity index (χ3v) is 4.78. The number of hydrogen-bond acceptors (Lipinski definition) is 3. The Morgan fingerprint density at radius 2 is 2.04 bits per heavy atom. The average molecular weight is 395 g/mol. The maximum absolute atomic E-state index is 12.5. The summed E-state index contributed by atoms with van der Waals surface area (Å²) in [5.41, 5.74) is 1.58. The van der Waals surface area contributed by atoms with Gasteiger partial charge in [0, 0.05) is 13.1 Å². The number of hydrogen-bond donors (Lipinski definition) is 2. The minimum Gasteiger partial charge on any atom is -0.357 e. The van der Waals surface area contributed by atoms with Gasteiger partial charge in [-0.15, -0.1) is 0 Å². The van der Waals surface area contributed by atoms with Crippen LogP contribution < -0.4 is 10.6 Å². The number of guanidine groups is 1. The Labute approximate surface area is 164 Å². The van der Waals surface area contributed by atoms with Crippen molar-refractivity contribution in [1.82, 2.24) is 15.5 Å². The lowest BCUT2D eigenvalue weighted by Crippen LogP contribution is -2.41. The number of aliphatic imine (C=N–C) groups is 1. The number of likely N-dealkylation sites (tertiary alicyclic amines) is 1.